The molecule has 0 fully saturated rings. The molecule has 0 saturated carbocycles. The van der Waals surface area contributed by atoms with Crippen molar-refractivity contribution in [3.63, 3.8) is 0 Å². The second kappa shape index (κ2) is 8.10. The van der Waals surface area contributed by atoms with Crippen LogP contribution in [0, 0.1) is 0 Å². The second-order valence-corrected chi connectivity index (χ2v) is 3.67. The molecule has 0 radical (unpaired) electrons. The van der Waals surface area contributed by atoms with Crippen molar-refractivity contribution < 1.29 is 19.4 Å². The number of benzene rings is 1. The normalized spacial score (nSPS) is 10.6. The minimum atomic E-state index is -0.213. The topological polar surface area (TPSA) is 80.2 Å². The van der Waals surface area contributed by atoms with Gasteiger partial charge in [0.2, 0.25) is 5.91 Å². The molecular weight excluding hydrogens is 248 g/mol. The Kier molecular flexibility index (Phi) is 6.38. The maximum absolute atomic E-state index is 11.3. The lowest BCUT2D eigenvalue weighted by molar-refractivity contribution is -0.122. The summed E-state index contributed by atoms with van der Waals surface area (Å²) in [6, 6.07) is 4.77. The van der Waals surface area contributed by atoms with Crippen molar-refractivity contribution in [2.45, 2.75) is 13.3 Å². The van der Waals surface area contributed by atoms with Gasteiger partial charge in [0, 0.05) is 6.61 Å². The Labute approximate surface area is 112 Å². The fourth-order valence-electron chi connectivity index (χ4n) is 1.32. The van der Waals surface area contributed by atoms with E-state index in [9.17, 15) is 9.90 Å². The Morgan fingerprint density at radius 2 is 2.32 bits per heavy atom. The average Bonchev–Trinajstić information content (AvgIpc) is 2.41. The molecule has 0 saturated heterocycles. The van der Waals surface area contributed by atoms with Gasteiger partial charge in [0.15, 0.2) is 11.5 Å². The summed E-state index contributed by atoms with van der Waals surface area (Å²) in [4.78, 5) is 11.3. The Balaban J connectivity index is 2.46. The van der Waals surface area contributed by atoms with Gasteiger partial charge in [0.05, 0.1) is 26.4 Å². The molecule has 0 bridgehead atoms. The van der Waals surface area contributed by atoms with Gasteiger partial charge < -0.3 is 14.6 Å². The van der Waals surface area contributed by atoms with Crippen molar-refractivity contribution in [1.29, 1.82) is 0 Å². The molecule has 1 aromatic carbocycles. The van der Waals surface area contributed by atoms with Crippen LogP contribution in [0.1, 0.15) is 18.9 Å². The van der Waals surface area contributed by atoms with E-state index in [4.69, 9.17) is 9.47 Å². The fourth-order valence-corrected chi connectivity index (χ4v) is 1.32. The molecule has 0 spiro atoms. The molecule has 0 heterocycles. The summed E-state index contributed by atoms with van der Waals surface area (Å²) in [6.07, 6.45) is 1.74. The van der Waals surface area contributed by atoms with Crippen LogP contribution in [0.4, 0.5) is 0 Å². The van der Waals surface area contributed by atoms with Crippen LogP contribution in [-0.2, 0) is 9.53 Å². The molecule has 0 aliphatic heterocycles. The molecule has 0 aliphatic rings. The third-order valence-electron chi connectivity index (χ3n) is 2.28. The first-order valence-electron chi connectivity index (χ1n) is 5.94. The first kappa shape index (κ1) is 15.0. The van der Waals surface area contributed by atoms with E-state index < -0.39 is 0 Å². The van der Waals surface area contributed by atoms with Gasteiger partial charge in [-0.2, -0.15) is 5.10 Å². The molecule has 1 rings (SSSR count). The SMILES string of the molecule is CCOCCC(=O)N/N=C/c1ccc(O)c(OC)c1. The van der Waals surface area contributed by atoms with Crippen molar-refractivity contribution >= 4 is 12.1 Å². The monoisotopic (exact) mass is 266 g/mol. The van der Waals surface area contributed by atoms with E-state index in [-0.39, 0.29) is 18.1 Å². The quantitative estimate of drug-likeness (QED) is 0.442. The number of nitrogens with one attached hydrogen (secondary N) is 1. The predicted molar refractivity (Wildman–Crippen MR) is 71.5 cm³/mol. The van der Waals surface area contributed by atoms with E-state index in [0.717, 1.165) is 0 Å². The zero-order chi connectivity index (χ0) is 14.1. The van der Waals surface area contributed by atoms with E-state index in [0.29, 0.717) is 24.5 Å². The summed E-state index contributed by atoms with van der Waals surface area (Å²) in [5, 5.41) is 13.2. The second-order valence-electron chi connectivity index (χ2n) is 3.67. The number of hydrogen-bond donors (Lipinski definition) is 2. The lowest BCUT2D eigenvalue weighted by Gasteiger charge is -2.03. The summed E-state index contributed by atoms with van der Waals surface area (Å²) in [6.45, 7) is 2.84. The molecule has 0 aromatic heterocycles. The Morgan fingerprint density at radius 1 is 1.53 bits per heavy atom. The number of amides is 1. The number of ether oxygens (including phenoxy) is 2. The van der Waals surface area contributed by atoms with Gasteiger partial charge >= 0.3 is 0 Å². The van der Waals surface area contributed by atoms with E-state index in [1.807, 2.05) is 6.92 Å². The highest BCUT2D eigenvalue weighted by Crippen LogP contribution is 2.25. The van der Waals surface area contributed by atoms with E-state index in [2.05, 4.69) is 10.5 Å². The van der Waals surface area contributed by atoms with Crippen molar-refractivity contribution in [2.75, 3.05) is 20.3 Å². The first-order chi connectivity index (χ1) is 9.17. The van der Waals surface area contributed by atoms with Crippen LogP contribution >= 0.6 is 0 Å². The van der Waals surface area contributed by atoms with Crippen LogP contribution in [0.25, 0.3) is 0 Å². The number of hydrogen-bond acceptors (Lipinski definition) is 5. The van der Waals surface area contributed by atoms with Crippen LogP contribution in [0.15, 0.2) is 23.3 Å². The van der Waals surface area contributed by atoms with Crippen LogP contribution < -0.4 is 10.2 Å². The molecule has 0 aliphatic carbocycles. The van der Waals surface area contributed by atoms with E-state index in [1.54, 1.807) is 12.1 Å². The van der Waals surface area contributed by atoms with Gasteiger partial charge in [-0.15, -0.1) is 0 Å². The number of phenolic OH excluding ortho intramolecular Hbond substituents is 1. The summed E-state index contributed by atoms with van der Waals surface area (Å²) >= 11 is 0. The van der Waals surface area contributed by atoms with Gasteiger partial charge in [-0.05, 0) is 30.7 Å². The molecule has 2 N–H and O–H groups in total. The zero-order valence-corrected chi connectivity index (χ0v) is 11.0. The smallest absolute Gasteiger partial charge is 0.242 e. The number of hydrazone groups is 1. The highest BCUT2D eigenvalue weighted by molar-refractivity contribution is 5.83. The lowest BCUT2D eigenvalue weighted by Crippen LogP contribution is -2.19. The molecule has 19 heavy (non-hydrogen) atoms. The molecule has 6 heteroatoms. The van der Waals surface area contributed by atoms with Gasteiger partial charge in [-0.25, -0.2) is 5.43 Å². The molecular formula is C13H18N2O4. The Hall–Kier alpha value is -2.08. The highest BCUT2D eigenvalue weighted by Gasteiger charge is 2.01. The number of methoxy groups -OCH3 is 1. The van der Waals surface area contributed by atoms with Gasteiger partial charge in [0.1, 0.15) is 0 Å². The van der Waals surface area contributed by atoms with Crippen LogP contribution in [0.3, 0.4) is 0 Å². The number of nitrogens with zero attached hydrogens (tertiary/aromatic N) is 1. The standard InChI is InChI=1S/C13H18N2O4/c1-3-19-7-6-13(17)15-14-9-10-4-5-11(16)12(8-10)18-2/h4-5,8-9,16H,3,6-7H2,1-2H3,(H,15,17)/b14-9+. The third-order valence-corrected chi connectivity index (χ3v) is 2.28. The van der Waals surface area contributed by atoms with Crippen LogP contribution in [0.2, 0.25) is 0 Å². The number of carbonyl (C=O) groups is 1. The Bertz CT molecular complexity index is 446. The molecule has 0 unspecified atom stereocenters. The Morgan fingerprint density at radius 3 is 3.00 bits per heavy atom. The predicted octanol–water partition coefficient (Wildman–Crippen LogP) is 1.28. The minimum absolute atomic E-state index is 0.0559. The van der Waals surface area contributed by atoms with Crippen molar-refractivity contribution in [3.05, 3.63) is 23.8 Å². The number of phenols is 1. The summed E-state index contributed by atoms with van der Waals surface area (Å²) in [5.74, 6) is 0.197. The zero-order valence-electron chi connectivity index (χ0n) is 11.0. The fraction of sp³-hybridized carbons (Fsp3) is 0.385. The van der Waals surface area contributed by atoms with Gasteiger partial charge in [-0.3, -0.25) is 4.79 Å². The summed E-state index contributed by atoms with van der Waals surface area (Å²) in [7, 11) is 1.46. The van der Waals surface area contributed by atoms with E-state index in [1.165, 1.54) is 19.4 Å². The van der Waals surface area contributed by atoms with Gasteiger partial charge in [-0.1, -0.05) is 0 Å². The van der Waals surface area contributed by atoms with Crippen molar-refractivity contribution in [3.8, 4) is 11.5 Å². The van der Waals surface area contributed by atoms with Crippen LogP contribution in [0.5, 0.6) is 11.5 Å². The molecule has 6 nitrogen and oxygen atoms in total. The van der Waals surface area contributed by atoms with Crippen molar-refractivity contribution in [1.82, 2.24) is 5.43 Å². The number of carbonyl (C=O) groups excluding carboxylic acids is 1. The van der Waals surface area contributed by atoms with E-state index >= 15 is 0 Å². The first-order valence-corrected chi connectivity index (χ1v) is 5.94. The average molecular weight is 266 g/mol. The molecule has 1 amide bonds. The maximum atomic E-state index is 11.3. The third kappa shape index (κ3) is 5.39. The lowest BCUT2D eigenvalue weighted by atomic mass is 10.2. The molecule has 1 aromatic rings. The number of rotatable bonds is 7. The molecule has 104 valence electrons. The summed E-state index contributed by atoms with van der Waals surface area (Å²) in [5.41, 5.74) is 3.10. The maximum Gasteiger partial charge on any atom is 0.242 e. The highest BCUT2D eigenvalue weighted by atomic mass is 16.5. The van der Waals surface area contributed by atoms with Gasteiger partial charge in [0.25, 0.3) is 0 Å². The van der Waals surface area contributed by atoms with Crippen molar-refractivity contribution in [2.24, 2.45) is 5.10 Å². The number of aromatic hydroxyl groups is 1. The summed E-state index contributed by atoms with van der Waals surface area (Å²) < 4.78 is 10.0. The largest absolute Gasteiger partial charge is 0.504 e. The van der Waals surface area contributed by atoms with Crippen LogP contribution in [-0.4, -0.2) is 37.6 Å². The molecule has 0 atom stereocenters. The minimum Gasteiger partial charge on any atom is -0.504 e.